The van der Waals surface area contributed by atoms with Crippen LogP contribution in [0.5, 0.6) is 0 Å². The summed E-state index contributed by atoms with van der Waals surface area (Å²) in [5, 5.41) is 35.1. The predicted octanol–water partition coefficient (Wildman–Crippen LogP) is -1.72. The summed E-state index contributed by atoms with van der Waals surface area (Å²) in [6.45, 7) is 0. The average Bonchev–Trinajstić information content (AvgIpc) is 2.10. The van der Waals surface area contributed by atoms with Crippen molar-refractivity contribution in [3.63, 3.8) is 0 Å². The van der Waals surface area contributed by atoms with Crippen LogP contribution in [0.1, 0.15) is 25.7 Å². The van der Waals surface area contributed by atoms with Gasteiger partial charge in [-0.3, -0.25) is 19.2 Å². The van der Waals surface area contributed by atoms with E-state index >= 15 is 0 Å². The van der Waals surface area contributed by atoms with E-state index in [1.165, 1.54) is 0 Å². The van der Waals surface area contributed by atoms with Gasteiger partial charge in [-0.1, -0.05) is 0 Å². The number of hydrogen-bond donors (Lipinski definition) is 6. The van der Waals surface area contributed by atoms with Crippen LogP contribution in [-0.2, 0) is 40.2 Å². The van der Waals surface area contributed by atoms with Crippen molar-refractivity contribution in [1.82, 2.24) is 0 Å². The van der Waals surface area contributed by atoms with Gasteiger partial charge in [-0.2, -0.15) is 0 Å². The fourth-order valence-electron chi connectivity index (χ4n) is 1.91. The Labute approximate surface area is 133 Å². The maximum Gasteiger partial charge on any atom is 0.305 e. The van der Waals surface area contributed by atoms with Crippen molar-refractivity contribution in [1.29, 1.82) is 0 Å². The van der Waals surface area contributed by atoms with Gasteiger partial charge in [0.2, 0.25) is 0 Å². The molecule has 124 valence electrons. The zero-order chi connectivity index (χ0) is 16.1. The Bertz CT molecular complexity index is 367. The molecule has 0 aliphatic rings. The van der Waals surface area contributed by atoms with Gasteiger partial charge in [-0.15, -0.1) is 0 Å². The van der Waals surface area contributed by atoms with Crippen LogP contribution in [0.3, 0.4) is 0 Å². The molecule has 0 bridgehead atoms. The average molecular weight is 487 g/mol. The molecule has 0 heterocycles. The molecule has 0 aliphatic heterocycles. The molecule has 0 spiro atoms. The predicted molar refractivity (Wildman–Crippen MR) is 62.8 cm³/mol. The fraction of sp³-hybridized carbons (Fsp3) is 0.600. The van der Waals surface area contributed by atoms with Crippen molar-refractivity contribution in [2.24, 2.45) is 11.5 Å². The van der Waals surface area contributed by atoms with Crippen LogP contribution in [0.4, 0.5) is 0 Å². The van der Waals surface area contributed by atoms with Crippen LogP contribution in [0, 0.1) is 0 Å². The third-order valence-corrected chi connectivity index (χ3v) is 2.86. The van der Waals surface area contributed by atoms with Crippen molar-refractivity contribution in [2.45, 2.75) is 36.8 Å². The van der Waals surface area contributed by atoms with Crippen molar-refractivity contribution >= 4 is 23.9 Å². The van der Waals surface area contributed by atoms with E-state index < -0.39 is 60.6 Å². The molecule has 0 aromatic carbocycles. The maximum absolute atomic E-state index is 10.8. The van der Waals surface area contributed by atoms with E-state index in [2.05, 4.69) is 0 Å². The molecule has 0 aromatic rings. The normalized spacial score (nSPS) is 11.3. The van der Waals surface area contributed by atoms with Crippen molar-refractivity contribution in [2.75, 3.05) is 0 Å². The molecular weight excluding hydrogens is 471 g/mol. The van der Waals surface area contributed by atoms with Gasteiger partial charge in [0.25, 0.3) is 0 Å². The molecule has 11 heteroatoms. The minimum absolute atomic E-state index is 0. The van der Waals surface area contributed by atoms with Crippen molar-refractivity contribution in [3.8, 4) is 0 Å². The van der Waals surface area contributed by atoms with E-state index in [1.807, 2.05) is 0 Å². The van der Waals surface area contributed by atoms with E-state index in [0.29, 0.717) is 0 Å². The van der Waals surface area contributed by atoms with Crippen LogP contribution < -0.4 is 11.5 Å². The first-order valence-electron chi connectivity index (χ1n) is 5.37. The number of aliphatic carboxylic acids is 4. The largest absolute Gasteiger partial charge is 0.481 e. The monoisotopic (exact) mass is 487 g/mol. The summed E-state index contributed by atoms with van der Waals surface area (Å²) in [6, 6.07) is 0. The Morgan fingerprint density at radius 2 is 0.762 bits per heavy atom. The fourth-order valence-corrected chi connectivity index (χ4v) is 1.91. The van der Waals surface area contributed by atoms with Gasteiger partial charge >= 0.3 is 23.9 Å². The summed E-state index contributed by atoms with van der Waals surface area (Å²) in [7, 11) is 0. The molecule has 0 amide bonds. The second-order valence-corrected chi connectivity index (χ2v) is 4.59. The standard InChI is InChI=1S/C10H16N2O8.Pt/c11-9(1-5(13)14,2-6(15)16)10(12,3-7(17)18)4-8(19)20;/h1-4,11-12H2,(H,13,14)(H,15,16)(H,17,18)(H,19,20);. The Morgan fingerprint density at radius 1 is 0.619 bits per heavy atom. The molecule has 10 nitrogen and oxygen atoms in total. The Balaban J connectivity index is 0. The summed E-state index contributed by atoms with van der Waals surface area (Å²) in [6.07, 6.45) is -3.90. The van der Waals surface area contributed by atoms with Gasteiger partial charge in [0.1, 0.15) is 0 Å². The molecule has 0 aliphatic carbocycles. The SMILES string of the molecule is NC(CC(=O)O)(CC(=O)O)C(N)(CC(=O)O)CC(=O)O.[Pt]. The van der Waals surface area contributed by atoms with E-state index in [1.54, 1.807) is 0 Å². The number of rotatable bonds is 9. The van der Waals surface area contributed by atoms with E-state index in [0.717, 1.165) is 0 Å². The molecule has 8 N–H and O–H groups in total. The minimum atomic E-state index is -2.22. The third-order valence-electron chi connectivity index (χ3n) is 2.86. The second kappa shape index (κ2) is 8.06. The molecule has 0 rings (SSSR count). The summed E-state index contributed by atoms with van der Waals surface area (Å²) >= 11 is 0. The van der Waals surface area contributed by atoms with Crippen LogP contribution >= 0.6 is 0 Å². The van der Waals surface area contributed by atoms with Gasteiger partial charge in [0.15, 0.2) is 0 Å². The summed E-state index contributed by atoms with van der Waals surface area (Å²) < 4.78 is 0. The molecule has 21 heavy (non-hydrogen) atoms. The maximum atomic E-state index is 10.8. The number of carbonyl (C=O) groups is 4. The Kier molecular flexibility index (Phi) is 8.36. The van der Waals surface area contributed by atoms with Gasteiger partial charge in [0, 0.05) is 21.1 Å². The Morgan fingerprint density at radius 3 is 0.857 bits per heavy atom. The van der Waals surface area contributed by atoms with Crippen LogP contribution in [0.2, 0.25) is 0 Å². The molecular formula is C10H16N2O8Pt. The smallest absolute Gasteiger partial charge is 0.305 e. The van der Waals surface area contributed by atoms with Gasteiger partial charge in [0.05, 0.1) is 36.8 Å². The topological polar surface area (TPSA) is 201 Å². The minimum Gasteiger partial charge on any atom is -0.481 e. The van der Waals surface area contributed by atoms with Crippen LogP contribution in [-0.4, -0.2) is 55.4 Å². The van der Waals surface area contributed by atoms with Gasteiger partial charge in [-0.05, 0) is 0 Å². The quantitative estimate of drug-likeness (QED) is 0.217. The first-order valence-corrected chi connectivity index (χ1v) is 5.37. The number of carboxylic acid groups (broad SMARTS) is 4. The van der Waals surface area contributed by atoms with Crippen molar-refractivity contribution < 1.29 is 60.7 Å². The number of carboxylic acids is 4. The first-order chi connectivity index (χ1) is 8.92. The summed E-state index contributed by atoms with van der Waals surface area (Å²) in [5.41, 5.74) is 6.88. The van der Waals surface area contributed by atoms with E-state index in [9.17, 15) is 19.2 Å². The zero-order valence-corrected chi connectivity index (χ0v) is 13.0. The van der Waals surface area contributed by atoms with Crippen LogP contribution in [0.25, 0.3) is 0 Å². The molecule has 0 radical (unpaired) electrons. The summed E-state index contributed by atoms with van der Waals surface area (Å²) in [5.74, 6) is -6.06. The summed E-state index contributed by atoms with van der Waals surface area (Å²) in [4.78, 5) is 43.2. The number of hydrogen-bond acceptors (Lipinski definition) is 6. The van der Waals surface area contributed by atoms with Crippen molar-refractivity contribution in [3.05, 3.63) is 0 Å². The molecule has 0 fully saturated rings. The van der Waals surface area contributed by atoms with E-state index in [4.69, 9.17) is 31.9 Å². The van der Waals surface area contributed by atoms with Gasteiger partial charge < -0.3 is 31.9 Å². The Hall–Kier alpha value is -1.51. The van der Waals surface area contributed by atoms with Crippen LogP contribution in [0.15, 0.2) is 0 Å². The van der Waals surface area contributed by atoms with E-state index in [-0.39, 0.29) is 21.1 Å². The second-order valence-electron chi connectivity index (χ2n) is 4.59. The molecule has 0 saturated heterocycles. The first kappa shape index (κ1) is 21.8. The van der Waals surface area contributed by atoms with Gasteiger partial charge in [-0.25, -0.2) is 0 Å². The third kappa shape index (κ3) is 6.65. The molecule has 0 unspecified atom stereocenters. The molecule has 0 atom stereocenters. The molecule has 0 saturated carbocycles. The number of nitrogens with two attached hydrogens (primary N) is 2. The molecule has 0 aromatic heterocycles. The zero-order valence-electron chi connectivity index (χ0n) is 10.7.